The van der Waals surface area contributed by atoms with E-state index in [1.54, 1.807) is 17.5 Å². The second-order valence-electron chi connectivity index (χ2n) is 6.30. The molecule has 1 N–H and O–H groups in total. The summed E-state index contributed by atoms with van der Waals surface area (Å²) in [7, 11) is 0. The van der Waals surface area contributed by atoms with Gasteiger partial charge in [0.05, 0.1) is 16.5 Å². The van der Waals surface area contributed by atoms with Gasteiger partial charge in [0.15, 0.2) is 10.1 Å². The van der Waals surface area contributed by atoms with Crippen LogP contribution in [0.5, 0.6) is 0 Å². The summed E-state index contributed by atoms with van der Waals surface area (Å²) in [6.07, 6.45) is 2.75. The lowest BCUT2D eigenvalue weighted by Crippen LogP contribution is -2.31. The van der Waals surface area contributed by atoms with E-state index in [4.69, 9.17) is 0 Å². The molecule has 1 aliphatic heterocycles. The largest absolute Gasteiger partial charge is 0.503 e. The normalized spacial score (nSPS) is 16.7. The third-order valence-electron chi connectivity index (χ3n) is 4.68. The fourth-order valence-electron chi connectivity index (χ4n) is 3.21. The molecule has 1 atom stereocenters. The molecule has 0 fully saturated rings. The van der Waals surface area contributed by atoms with Gasteiger partial charge in [-0.2, -0.15) is 0 Å². The molecule has 0 spiro atoms. The van der Waals surface area contributed by atoms with Gasteiger partial charge in [0.2, 0.25) is 10.9 Å². The molecule has 1 aromatic carbocycles. The van der Waals surface area contributed by atoms with Crippen LogP contribution in [-0.2, 0) is 11.2 Å². The van der Waals surface area contributed by atoms with Crippen molar-refractivity contribution in [3.8, 4) is 0 Å². The molecule has 0 bridgehead atoms. The summed E-state index contributed by atoms with van der Waals surface area (Å²) >= 11 is 3.95. The van der Waals surface area contributed by atoms with E-state index in [9.17, 15) is 14.7 Å². The first-order valence-electron chi connectivity index (χ1n) is 8.86. The zero-order chi connectivity index (χ0) is 20.5. The molecule has 3 aromatic rings. The van der Waals surface area contributed by atoms with Gasteiger partial charge in [0.25, 0.3) is 5.91 Å². The first-order valence-corrected chi connectivity index (χ1v) is 11.8. The minimum atomic E-state index is -0.759. The van der Waals surface area contributed by atoms with E-state index in [2.05, 4.69) is 17.1 Å². The van der Waals surface area contributed by atoms with Crippen molar-refractivity contribution < 1.29 is 14.7 Å². The molecular weight excluding hydrogens is 426 g/mol. The van der Waals surface area contributed by atoms with Crippen molar-refractivity contribution in [3.63, 3.8) is 0 Å². The number of hydrogen-bond donors (Lipinski definition) is 1. The maximum absolute atomic E-state index is 13.2. The van der Waals surface area contributed by atoms with Crippen molar-refractivity contribution in [3.05, 3.63) is 69.1 Å². The number of Topliss-reactive ketones (excluding diaryl/α,β-unsaturated/α-hetero) is 1. The number of benzene rings is 1. The first kappa shape index (κ1) is 19.8. The predicted octanol–water partition coefficient (Wildman–Crippen LogP) is 4.67. The Hall–Kier alpha value is -2.49. The monoisotopic (exact) mass is 443 g/mol. The summed E-state index contributed by atoms with van der Waals surface area (Å²) in [4.78, 5) is 28.0. The van der Waals surface area contributed by atoms with Crippen LogP contribution >= 0.6 is 34.4 Å². The molecule has 1 amide bonds. The Morgan fingerprint density at radius 2 is 2.00 bits per heavy atom. The molecule has 0 saturated carbocycles. The number of aliphatic hydroxyl groups excluding tert-OH is 1. The number of nitrogens with zero attached hydrogens (tertiary/aromatic N) is 3. The SMILES string of the molecule is CCc1ccc([C@H]2C(C(=O)c3cccs3)=C(O)C(=O)N2c2nnc(SC)s2)cc1. The van der Waals surface area contributed by atoms with E-state index >= 15 is 0 Å². The molecule has 0 saturated heterocycles. The number of carbonyl (C=O) groups is 2. The molecule has 6 nitrogen and oxygen atoms in total. The molecule has 29 heavy (non-hydrogen) atoms. The maximum Gasteiger partial charge on any atom is 0.296 e. The molecule has 148 valence electrons. The molecule has 0 aliphatic carbocycles. The Morgan fingerprint density at radius 1 is 1.24 bits per heavy atom. The van der Waals surface area contributed by atoms with Gasteiger partial charge >= 0.3 is 0 Å². The number of carbonyl (C=O) groups excluding carboxylic acids is 2. The lowest BCUT2D eigenvalue weighted by molar-refractivity contribution is -0.117. The van der Waals surface area contributed by atoms with Gasteiger partial charge in [0.1, 0.15) is 0 Å². The smallest absolute Gasteiger partial charge is 0.296 e. The lowest BCUT2D eigenvalue weighted by Gasteiger charge is -2.24. The highest BCUT2D eigenvalue weighted by Crippen LogP contribution is 2.43. The highest BCUT2D eigenvalue weighted by molar-refractivity contribution is 8.00. The average molecular weight is 444 g/mol. The van der Waals surface area contributed by atoms with Crippen molar-refractivity contribution in [2.45, 2.75) is 23.7 Å². The van der Waals surface area contributed by atoms with Gasteiger partial charge in [-0.3, -0.25) is 14.5 Å². The number of aromatic nitrogens is 2. The molecular formula is C20H17N3O3S3. The van der Waals surface area contributed by atoms with Crippen LogP contribution in [0.25, 0.3) is 0 Å². The van der Waals surface area contributed by atoms with Gasteiger partial charge in [-0.15, -0.1) is 21.5 Å². The third-order valence-corrected chi connectivity index (χ3v) is 7.44. The van der Waals surface area contributed by atoms with Gasteiger partial charge in [0, 0.05) is 0 Å². The van der Waals surface area contributed by atoms with Gasteiger partial charge < -0.3 is 5.11 Å². The highest BCUT2D eigenvalue weighted by atomic mass is 32.2. The number of amides is 1. The van der Waals surface area contributed by atoms with Crippen molar-refractivity contribution >= 4 is 51.3 Å². The van der Waals surface area contributed by atoms with E-state index in [1.807, 2.05) is 30.5 Å². The zero-order valence-electron chi connectivity index (χ0n) is 15.7. The molecule has 0 unspecified atom stereocenters. The number of aryl methyl sites for hydroxylation is 1. The van der Waals surface area contributed by atoms with Crippen LogP contribution < -0.4 is 4.90 Å². The summed E-state index contributed by atoms with van der Waals surface area (Å²) in [6.45, 7) is 2.06. The summed E-state index contributed by atoms with van der Waals surface area (Å²) in [5, 5.41) is 21.0. The maximum atomic E-state index is 13.2. The topological polar surface area (TPSA) is 83.4 Å². The molecule has 0 radical (unpaired) electrons. The van der Waals surface area contributed by atoms with Crippen molar-refractivity contribution in [2.75, 3.05) is 11.2 Å². The summed E-state index contributed by atoms with van der Waals surface area (Å²) in [5.41, 5.74) is 1.95. The fourth-order valence-corrected chi connectivity index (χ4v) is 5.17. The molecule has 2 aromatic heterocycles. The molecule has 9 heteroatoms. The predicted molar refractivity (Wildman–Crippen MR) is 116 cm³/mol. The van der Waals surface area contributed by atoms with Crippen LogP contribution in [0, 0.1) is 0 Å². The van der Waals surface area contributed by atoms with Crippen LogP contribution in [0.2, 0.25) is 0 Å². The summed E-state index contributed by atoms with van der Waals surface area (Å²) in [6, 6.07) is 10.4. The Morgan fingerprint density at radius 3 is 2.59 bits per heavy atom. The van der Waals surface area contributed by atoms with E-state index in [0.717, 1.165) is 17.5 Å². The third kappa shape index (κ3) is 3.50. The lowest BCUT2D eigenvalue weighted by atomic mass is 9.94. The van der Waals surface area contributed by atoms with Crippen LogP contribution in [0.3, 0.4) is 0 Å². The van der Waals surface area contributed by atoms with E-state index in [1.165, 1.54) is 39.3 Å². The highest BCUT2D eigenvalue weighted by Gasteiger charge is 2.46. The van der Waals surface area contributed by atoms with Crippen molar-refractivity contribution in [1.82, 2.24) is 10.2 Å². The van der Waals surface area contributed by atoms with Gasteiger partial charge in [-0.25, -0.2) is 0 Å². The molecule has 3 heterocycles. The van der Waals surface area contributed by atoms with Gasteiger partial charge in [-0.1, -0.05) is 60.4 Å². The Labute approximate surface area is 179 Å². The number of aliphatic hydroxyl groups is 1. The number of rotatable bonds is 6. The number of hydrogen-bond acceptors (Lipinski definition) is 8. The number of ketones is 1. The molecule has 1 aliphatic rings. The minimum Gasteiger partial charge on any atom is -0.503 e. The van der Waals surface area contributed by atoms with E-state index < -0.39 is 17.7 Å². The van der Waals surface area contributed by atoms with Crippen molar-refractivity contribution in [2.24, 2.45) is 0 Å². The van der Waals surface area contributed by atoms with Crippen LogP contribution in [0.1, 0.15) is 33.8 Å². The first-order chi connectivity index (χ1) is 14.0. The van der Waals surface area contributed by atoms with Crippen LogP contribution in [0.15, 0.2) is 57.5 Å². The Balaban J connectivity index is 1.85. The number of thioether (sulfide) groups is 1. The average Bonchev–Trinajstić information content (AvgIpc) is 3.48. The standard InChI is InChI=1S/C20H17N3O3S3/c1-3-11-6-8-12(9-7-11)15-14(16(24)13-5-4-10-28-13)17(25)18(26)23(15)19-21-22-20(27-2)29-19/h4-10,15,25H,3H2,1-2H3/t15-/m0/s1. The quantitative estimate of drug-likeness (QED) is 0.339. The number of thiophene rings is 1. The Kier molecular flexibility index (Phi) is 5.53. The minimum absolute atomic E-state index is 0.0719. The van der Waals surface area contributed by atoms with Crippen molar-refractivity contribution in [1.29, 1.82) is 0 Å². The Bertz CT molecular complexity index is 1090. The fraction of sp³-hybridized carbons (Fsp3) is 0.200. The summed E-state index contributed by atoms with van der Waals surface area (Å²) < 4.78 is 0.699. The van der Waals surface area contributed by atoms with Crippen LogP contribution in [0.4, 0.5) is 5.13 Å². The second-order valence-corrected chi connectivity index (χ2v) is 9.25. The summed E-state index contributed by atoms with van der Waals surface area (Å²) in [5.74, 6) is -1.53. The van der Waals surface area contributed by atoms with Gasteiger partial charge in [-0.05, 0) is 35.2 Å². The van der Waals surface area contributed by atoms with E-state index in [0.29, 0.717) is 14.3 Å². The zero-order valence-corrected chi connectivity index (χ0v) is 18.1. The van der Waals surface area contributed by atoms with Crippen LogP contribution in [-0.4, -0.2) is 33.3 Å². The molecule has 4 rings (SSSR count). The second kappa shape index (κ2) is 8.10. The van der Waals surface area contributed by atoms with E-state index in [-0.39, 0.29) is 11.4 Å². The number of anilines is 1.